The molecule has 9 heteroatoms. The lowest BCUT2D eigenvalue weighted by Gasteiger charge is -2.13. The maximum Gasteiger partial charge on any atom is 0.192 e. The molecule has 0 aliphatic carbocycles. The minimum Gasteiger partial charge on any atom is -0.391 e. The first-order valence-electron chi connectivity index (χ1n) is 7.25. The number of hydrogen-bond acceptors (Lipinski definition) is 6. The van der Waals surface area contributed by atoms with Crippen LogP contribution < -0.4 is 0 Å². The number of allylic oxidation sites excluding steroid dienone is 1. The highest BCUT2D eigenvalue weighted by molar-refractivity contribution is 8.01. The van der Waals surface area contributed by atoms with Crippen LogP contribution in [0.1, 0.15) is 0 Å². The normalized spacial score (nSPS) is 22.6. The summed E-state index contributed by atoms with van der Waals surface area (Å²) in [5.74, 6) is -0.133. The number of nitrogens with zero attached hydrogens (tertiary/aromatic N) is 3. The minimum absolute atomic E-state index is 0.0916. The van der Waals surface area contributed by atoms with Crippen LogP contribution in [0.25, 0.3) is 11.4 Å². The molecule has 1 aliphatic rings. The highest BCUT2D eigenvalue weighted by Crippen LogP contribution is 2.32. The highest BCUT2D eigenvalue weighted by atomic mass is 32.2. The largest absolute Gasteiger partial charge is 0.391 e. The van der Waals surface area contributed by atoms with E-state index in [1.165, 1.54) is 23.9 Å². The van der Waals surface area contributed by atoms with Crippen LogP contribution in [0.5, 0.6) is 0 Å². The third kappa shape index (κ3) is 3.52. The van der Waals surface area contributed by atoms with Crippen molar-refractivity contribution in [3.63, 3.8) is 0 Å². The van der Waals surface area contributed by atoms with Crippen LogP contribution in [0.3, 0.4) is 0 Å². The van der Waals surface area contributed by atoms with Crippen molar-refractivity contribution in [1.29, 1.82) is 0 Å². The average Bonchev–Trinajstić information content (AvgIpc) is 3.01. The molecule has 1 N–H and O–H groups in total. The van der Waals surface area contributed by atoms with Crippen LogP contribution in [-0.2, 0) is 16.4 Å². The second-order valence-electron chi connectivity index (χ2n) is 5.51. The molecule has 2 atom stereocenters. The number of aromatic nitrogens is 3. The van der Waals surface area contributed by atoms with Gasteiger partial charge in [0.15, 0.2) is 20.8 Å². The number of hydrogen-bond donors (Lipinski definition) is 1. The van der Waals surface area contributed by atoms with Gasteiger partial charge in [-0.1, -0.05) is 17.8 Å². The summed E-state index contributed by atoms with van der Waals surface area (Å²) >= 11 is 1.19. The number of rotatable bonds is 5. The standard InChI is InChI=1S/C15H16FN3O3S2/c1-2-7-19-14(10-3-5-11(16)6-4-10)17-18-15(19)23-13-9-24(21,22)8-12(13)20/h2-6,12-13,20H,1,7-9H2/t12-,13+/m1/s1. The Balaban J connectivity index is 1.91. The lowest BCUT2D eigenvalue weighted by Crippen LogP contribution is -2.20. The molecule has 1 aromatic heterocycles. The van der Waals surface area contributed by atoms with Crippen molar-refractivity contribution in [2.75, 3.05) is 11.5 Å². The summed E-state index contributed by atoms with van der Waals surface area (Å²) in [6, 6.07) is 5.87. The highest BCUT2D eigenvalue weighted by Gasteiger charge is 2.38. The zero-order valence-corrected chi connectivity index (χ0v) is 14.3. The number of halogens is 1. The van der Waals surface area contributed by atoms with E-state index in [1.807, 2.05) is 0 Å². The van der Waals surface area contributed by atoms with Crippen LogP contribution in [0.15, 0.2) is 42.1 Å². The number of aliphatic hydroxyl groups is 1. The minimum atomic E-state index is -3.23. The van der Waals surface area contributed by atoms with E-state index in [1.54, 1.807) is 22.8 Å². The van der Waals surface area contributed by atoms with E-state index < -0.39 is 21.2 Å². The Morgan fingerprint density at radius 1 is 1.33 bits per heavy atom. The first-order valence-corrected chi connectivity index (χ1v) is 9.95. The van der Waals surface area contributed by atoms with Crippen LogP contribution in [0.2, 0.25) is 0 Å². The van der Waals surface area contributed by atoms with Gasteiger partial charge in [-0.05, 0) is 24.3 Å². The number of thioether (sulfide) groups is 1. The molecule has 0 spiro atoms. The molecule has 0 radical (unpaired) electrons. The Kier molecular flexibility index (Phi) is 4.75. The van der Waals surface area contributed by atoms with Crippen molar-refractivity contribution in [1.82, 2.24) is 14.8 Å². The predicted octanol–water partition coefficient (Wildman–Crippen LogP) is 1.52. The van der Waals surface area contributed by atoms with E-state index in [9.17, 15) is 17.9 Å². The van der Waals surface area contributed by atoms with Gasteiger partial charge >= 0.3 is 0 Å². The van der Waals surface area contributed by atoms with E-state index in [4.69, 9.17) is 0 Å². The van der Waals surface area contributed by atoms with E-state index >= 15 is 0 Å². The first-order chi connectivity index (χ1) is 11.4. The van der Waals surface area contributed by atoms with Crippen LogP contribution in [0, 0.1) is 5.82 Å². The van der Waals surface area contributed by atoms with Gasteiger partial charge in [-0.25, -0.2) is 12.8 Å². The van der Waals surface area contributed by atoms with Crippen LogP contribution in [0.4, 0.5) is 4.39 Å². The molecule has 24 heavy (non-hydrogen) atoms. The number of aliphatic hydroxyl groups excluding tert-OH is 1. The molecule has 0 amide bonds. The second kappa shape index (κ2) is 6.66. The predicted molar refractivity (Wildman–Crippen MR) is 89.9 cm³/mol. The monoisotopic (exact) mass is 369 g/mol. The van der Waals surface area contributed by atoms with Gasteiger partial charge in [-0.3, -0.25) is 4.57 Å². The van der Waals surface area contributed by atoms with Gasteiger partial charge in [0.05, 0.1) is 22.9 Å². The summed E-state index contributed by atoms with van der Waals surface area (Å²) < 4.78 is 38.1. The molecule has 1 fully saturated rings. The third-order valence-electron chi connectivity index (χ3n) is 3.66. The van der Waals surface area contributed by atoms with Crippen LogP contribution >= 0.6 is 11.8 Å². The summed E-state index contributed by atoms with van der Waals surface area (Å²) in [5, 5.41) is 18.2. The zero-order valence-electron chi connectivity index (χ0n) is 12.7. The quantitative estimate of drug-likeness (QED) is 0.805. The molecular formula is C15H16FN3O3S2. The molecule has 3 rings (SSSR count). The van der Waals surface area contributed by atoms with Crippen molar-refractivity contribution >= 4 is 21.6 Å². The number of sulfone groups is 1. The lowest BCUT2D eigenvalue weighted by atomic mass is 10.2. The molecule has 2 heterocycles. The van der Waals surface area contributed by atoms with Crippen molar-refractivity contribution < 1.29 is 17.9 Å². The Labute approximate surface area is 143 Å². The van der Waals surface area contributed by atoms with Crippen molar-refractivity contribution in [2.45, 2.75) is 23.1 Å². The van der Waals surface area contributed by atoms with Gasteiger partial charge in [0.1, 0.15) is 5.82 Å². The molecule has 1 aromatic carbocycles. The van der Waals surface area contributed by atoms with Crippen molar-refractivity contribution in [2.24, 2.45) is 0 Å². The number of benzene rings is 1. The Morgan fingerprint density at radius 2 is 2.04 bits per heavy atom. The lowest BCUT2D eigenvalue weighted by molar-refractivity contribution is 0.207. The van der Waals surface area contributed by atoms with Crippen molar-refractivity contribution in [3.05, 3.63) is 42.7 Å². The average molecular weight is 369 g/mol. The molecule has 1 saturated heterocycles. The summed E-state index contributed by atoms with van der Waals surface area (Å²) in [6.07, 6.45) is 0.741. The molecule has 2 aromatic rings. The zero-order chi connectivity index (χ0) is 17.3. The van der Waals surface area contributed by atoms with Crippen LogP contribution in [-0.4, -0.2) is 51.1 Å². The molecule has 0 saturated carbocycles. The molecule has 0 bridgehead atoms. The fourth-order valence-corrected chi connectivity index (χ4v) is 6.05. The molecule has 1 aliphatic heterocycles. The molecule has 6 nitrogen and oxygen atoms in total. The summed E-state index contributed by atoms with van der Waals surface area (Å²) in [4.78, 5) is 0. The van der Waals surface area contributed by atoms with Crippen molar-refractivity contribution in [3.8, 4) is 11.4 Å². The maximum absolute atomic E-state index is 13.1. The van der Waals surface area contributed by atoms with Gasteiger partial charge < -0.3 is 5.11 Å². The van der Waals surface area contributed by atoms with E-state index in [0.717, 1.165) is 0 Å². The Morgan fingerprint density at radius 3 is 2.62 bits per heavy atom. The van der Waals surface area contributed by atoms with Gasteiger partial charge in [-0.15, -0.1) is 16.8 Å². The smallest absolute Gasteiger partial charge is 0.192 e. The summed E-state index contributed by atoms with van der Waals surface area (Å²) in [7, 11) is -3.23. The van der Waals surface area contributed by atoms with Gasteiger partial charge in [0.25, 0.3) is 0 Å². The Bertz CT molecular complexity index is 849. The van der Waals surface area contributed by atoms with Gasteiger partial charge in [-0.2, -0.15) is 0 Å². The fourth-order valence-electron chi connectivity index (χ4n) is 2.53. The molecular weight excluding hydrogens is 353 g/mol. The molecule has 128 valence electrons. The van der Waals surface area contributed by atoms with E-state index in [0.29, 0.717) is 23.1 Å². The van der Waals surface area contributed by atoms with E-state index in [-0.39, 0.29) is 17.3 Å². The molecule has 0 unspecified atom stereocenters. The second-order valence-corrected chi connectivity index (χ2v) is 8.87. The first kappa shape index (κ1) is 17.1. The third-order valence-corrected chi connectivity index (χ3v) is 6.88. The fraction of sp³-hybridized carbons (Fsp3) is 0.333. The summed E-state index contributed by atoms with van der Waals surface area (Å²) in [6.45, 7) is 4.12. The Hall–Kier alpha value is -1.71. The summed E-state index contributed by atoms with van der Waals surface area (Å²) in [5.41, 5.74) is 0.692. The topological polar surface area (TPSA) is 85.1 Å². The van der Waals surface area contributed by atoms with Gasteiger partial charge in [0.2, 0.25) is 0 Å². The maximum atomic E-state index is 13.1. The SMILES string of the molecule is C=CCn1c(S[C@H]2CS(=O)(=O)C[C@H]2O)nnc1-c1ccc(F)cc1. The van der Waals surface area contributed by atoms with Gasteiger partial charge in [0, 0.05) is 12.1 Å². The van der Waals surface area contributed by atoms with E-state index in [2.05, 4.69) is 16.8 Å².